The van der Waals surface area contributed by atoms with Gasteiger partial charge in [-0.15, -0.1) is 0 Å². The van der Waals surface area contributed by atoms with Crippen LogP contribution in [-0.2, 0) is 9.84 Å². The molecule has 0 saturated carbocycles. The summed E-state index contributed by atoms with van der Waals surface area (Å²) in [5.41, 5.74) is 0.926. The van der Waals surface area contributed by atoms with Gasteiger partial charge in [0.15, 0.2) is 9.84 Å². The minimum atomic E-state index is -3.22. The summed E-state index contributed by atoms with van der Waals surface area (Å²) in [5.74, 6) is 0. The molecule has 0 aliphatic carbocycles. The first-order valence-electron chi connectivity index (χ1n) is 3.66. The molecule has 0 radical (unpaired) electrons. The van der Waals surface area contributed by atoms with Crippen LogP contribution in [0.5, 0.6) is 0 Å². The van der Waals surface area contributed by atoms with Gasteiger partial charge in [0.1, 0.15) is 0 Å². The van der Waals surface area contributed by atoms with Gasteiger partial charge in [0.05, 0.1) is 16.5 Å². The Morgan fingerprint density at radius 3 is 2.46 bits per heavy atom. The molecule has 0 spiro atoms. The van der Waals surface area contributed by atoms with E-state index in [1.54, 1.807) is 19.1 Å². The quantitative estimate of drug-likeness (QED) is 0.678. The van der Waals surface area contributed by atoms with Crippen molar-refractivity contribution in [1.82, 2.24) is 0 Å². The molecule has 0 N–H and O–H groups in total. The molecule has 0 heterocycles. The zero-order valence-electron chi connectivity index (χ0n) is 7.40. The van der Waals surface area contributed by atoms with Crippen LogP contribution in [-0.4, -0.2) is 14.7 Å². The number of hydrogen-bond acceptors (Lipinski definition) is 3. The topological polar surface area (TPSA) is 57.9 Å². The summed E-state index contributed by atoms with van der Waals surface area (Å²) in [5, 5.41) is 8.66. The Kier molecular flexibility index (Phi) is 2.39. The molecule has 0 amide bonds. The fraction of sp³-hybridized carbons (Fsp3) is 0.222. The highest BCUT2D eigenvalue weighted by Gasteiger charge is 2.12. The second-order valence-electron chi connectivity index (χ2n) is 2.81. The highest BCUT2D eigenvalue weighted by Crippen LogP contribution is 2.17. The standard InChI is InChI=1S/C9H9NO2S/c1-7-8(6-10)4-3-5-9(7)13(2,11)12/h3-5H,1-2H3. The van der Waals surface area contributed by atoms with Crippen molar-refractivity contribution in [1.29, 1.82) is 5.26 Å². The summed E-state index contributed by atoms with van der Waals surface area (Å²) in [6, 6.07) is 6.62. The Labute approximate surface area is 77.5 Å². The van der Waals surface area contributed by atoms with E-state index in [-0.39, 0.29) is 4.90 Å². The average Bonchev–Trinajstić information content (AvgIpc) is 2.02. The van der Waals surface area contributed by atoms with E-state index in [0.717, 1.165) is 6.26 Å². The molecule has 0 atom stereocenters. The Morgan fingerprint density at radius 1 is 1.38 bits per heavy atom. The molecule has 0 bridgehead atoms. The highest BCUT2D eigenvalue weighted by atomic mass is 32.2. The van der Waals surface area contributed by atoms with Crippen LogP contribution in [0.3, 0.4) is 0 Å². The van der Waals surface area contributed by atoms with Crippen molar-refractivity contribution in [2.24, 2.45) is 0 Å². The lowest BCUT2D eigenvalue weighted by atomic mass is 10.1. The maximum atomic E-state index is 11.2. The first-order chi connectivity index (χ1) is 5.96. The molecule has 0 saturated heterocycles. The summed E-state index contributed by atoms with van der Waals surface area (Å²) in [6.07, 6.45) is 1.14. The molecular weight excluding hydrogens is 186 g/mol. The lowest BCUT2D eigenvalue weighted by Gasteiger charge is -2.03. The number of rotatable bonds is 1. The van der Waals surface area contributed by atoms with Gasteiger partial charge in [-0.3, -0.25) is 0 Å². The average molecular weight is 195 g/mol. The molecule has 13 heavy (non-hydrogen) atoms. The van der Waals surface area contributed by atoms with E-state index < -0.39 is 9.84 Å². The van der Waals surface area contributed by atoms with Crippen LogP contribution in [0.1, 0.15) is 11.1 Å². The van der Waals surface area contributed by atoms with Gasteiger partial charge in [-0.25, -0.2) is 8.42 Å². The number of benzene rings is 1. The summed E-state index contributed by atoms with van der Waals surface area (Å²) >= 11 is 0. The predicted octanol–water partition coefficient (Wildman–Crippen LogP) is 1.27. The number of hydrogen-bond donors (Lipinski definition) is 0. The summed E-state index contributed by atoms with van der Waals surface area (Å²) in [7, 11) is -3.22. The van der Waals surface area contributed by atoms with Crippen molar-refractivity contribution in [2.45, 2.75) is 11.8 Å². The zero-order chi connectivity index (χ0) is 10.1. The molecule has 0 unspecified atom stereocenters. The Balaban J connectivity index is 3.53. The number of nitrogens with zero attached hydrogens (tertiary/aromatic N) is 1. The monoisotopic (exact) mass is 195 g/mol. The van der Waals surface area contributed by atoms with Crippen molar-refractivity contribution in [3.8, 4) is 6.07 Å². The summed E-state index contributed by atoms with van der Waals surface area (Å²) in [4.78, 5) is 0.228. The van der Waals surface area contributed by atoms with E-state index >= 15 is 0 Å². The maximum absolute atomic E-state index is 11.2. The lowest BCUT2D eigenvalue weighted by molar-refractivity contribution is 0.601. The van der Waals surface area contributed by atoms with E-state index in [9.17, 15) is 8.42 Å². The normalized spacial score (nSPS) is 10.8. The number of nitriles is 1. The van der Waals surface area contributed by atoms with Crippen molar-refractivity contribution in [2.75, 3.05) is 6.26 Å². The van der Waals surface area contributed by atoms with Gasteiger partial charge in [0.2, 0.25) is 0 Å². The van der Waals surface area contributed by atoms with Crippen LogP contribution in [0.4, 0.5) is 0 Å². The Bertz CT molecular complexity index is 469. The van der Waals surface area contributed by atoms with Gasteiger partial charge in [0.25, 0.3) is 0 Å². The van der Waals surface area contributed by atoms with E-state index in [0.29, 0.717) is 11.1 Å². The third-order valence-corrected chi connectivity index (χ3v) is 3.05. The largest absolute Gasteiger partial charge is 0.224 e. The van der Waals surface area contributed by atoms with Gasteiger partial charge in [-0.1, -0.05) is 6.07 Å². The summed E-state index contributed by atoms with van der Waals surface area (Å²) in [6.45, 7) is 1.63. The van der Waals surface area contributed by atoms with Crippen LogP contribution < -0.4 is 0 Å². The third-order valence-electron chi connectivity index (χ3n) is 1.80. The van der Waals surface area contributed by atoms with Gasteiger partial charge in [0, 0.05) is 6.26 Å². The first-order valence-corrected chi connectivity index (χ1v) is 5.55. The van der Waals surface area contributed by atoms with Crippen LogP contribution in [0.2, 0.25) is 0 Å². The van der Waals surface area contributed by atoms with E-state index in [1.165, 1.54) is 6.07 Å². The molecule has 0 aliphatic heterocycles. The maximum Gasteiger partial charge on any atom is 0.175 e. The van der Waals surface area contributed by atoms with Crippen LogP contribution in [0.25, 0.3) is 0 Å². The van der Waals surface area contributed by atoms with Gasteiger partial charge in [-0.05, 0) is 24.6 Å². The molecule has 1 aromatic rings. The smallest absolute Gasteiger partial charge is 0.175 e. The van der Waals surface area contributed by atoms with E-state index in [2.05, 4.69) is 0 Å². The fourth-order valence-corrected chi connectivity index (χ4v) is 2.13. The fourth-order valence-electron chi connectivity index (χ4n) is 1.14. The molecule has 1 rings (SSSR count). The molecule has 68 valence electrons. The zero-order valence-corrected chi connectivity index (χ0v) is 8.22. The van der Waals surface area contributed by atoms with E-state index in [4.69, 9.17) is 5.26 Å². The first kappa shape index (κ1) is 9.75. The highest BCUT2D eigenvalue weighted by molar-refractivity contribution is 7.90. The second kappa shape index (κ2) is 3.19. The lowest BCUT2D eigenvalue weighted by Crippen LogP contribution is -2.01. The second-order valence-corrected chi connectivity index (χ2v) is 4.80. The van der Waals surface area contributed by atoms with Crippen LogP contribution in [0, 0.1) is 18.3 Å². The third kappa shape index (κ3) is 1.87. The molecule has 4 heteroatoms. The molecule has 0 aromatic heterocycles. The van der Waals surface area contributed by atoms with Gasteiger partial charge in [-0.2, -0.15) is 5.26 Å². The minimum absolute atomic E-state index is 0.228. The Hall–Kier alpha value is -1.34. The predicted molar refractivity (Wildman–Crippen MR) is 49.0 cm³/mol. The molecular formula is C9H9NO2S. The molecule has 0 aliphatic rings. The van der Waals surface area contributed by atoms with Crippen molar-refractivity contribution in [3.63, 3.8) is 0 Å². The SMILES string of the molecule is Cc1c(C#N)cccc1S(C)(=O)=O. The molecule has 3 nitrogen and oxygen atoms in total. The minimum Gasteiger partial charge on any atom is -0.224 e. The summed E-state index contributed by atoms with van der Waals surface area (Å²) < 4.78 is 22.4. The van der Waals surface area contributed by atoms with Gasteiger partial charge >= 0.3 is 0 Å². The van der Waals surface area contributed by atoms with Crippen LogP contribution in [0.15, 0.2) is 23.1 Å². The van der Waals surface area contributed by atoms with Gasteiger partial charge < -0.3 is 0 Å². The van der Waals surface area contributed by atoms with Crippen molar-refractivity contribution in [3.05, 3.63) is 29.3 Å². The Morgan fingerprint density at radius 2 is 2.00 bits per heavy atom. The molecule has 1 aromatic carbocycles. The van der Waals surface area contributed by atoms with Crippen molar-refractivity contribution >= 4 is 9.84 Å². The van der Waals surface area contributed by atoms with E-state index in [1.807, 2.05) is 6.07 Å². The molecule has 0 fully saturated rings. The van der Waals surface area contributed by atoms with Crippen molar-refractivity contribution < 1.29 is 8.42 Å². The van der Waals surface area contributed by atoms with Crippen LogP contribution >= 0.6 is 0 Å². The number of sulfone groups is 1.